The normalized spacial score (nSPS) is 12.1. The Bertz CT molecular complexity index is 913. The molecular weight excluding hydrogens is 405 g/mol. The first-order chi connectivity index (χ1) is 12.7. The molecule has 0 amide bonds. The fourth-order valence-electron chi connectivity index (χ4n) is 2.59. The van der Waals surface area contributed by atoms with Crippen LogP contribution in [0.25, 0.3) is 0 Å². The standard InChI is InChI=1S/C19H23Cl2N3O2S/c1-22-19(24(2)13-15-6-9-17(20)18(21)12-15)23-11-10-14-4-7-16(8-5-14)27(3,25)26/h4-9,12H,10-11,13H2,1-3H3,(H,22,23). The minimum Gasteiger partial charge on any atom is -0.356 e. The molecule has 0 spiro atoms. The van der Waals surface area contributed by atoms with E-state index >= 15 is 0 Å². The van der Waals surface area contributed by atoms with Crippen molar-refractivity contribution in [3.05, 3.63) is 63.6 Å². The molecule has 0 aliphatic carbocycles. The zero-order valence-corrected chi connectivity index (χ0v) is 17.9. The molecule has 27 heavy (non-hydrogen) atoms. The molecule has 0 aromatic heterocycles. The molecule has 0 saturated heterocycles. The van der Waals surface area contributed by atoms with E-state index in [1.807, 2.05) is 36.2 Å². The van der Waals surface area contributed by atoms with Gasteiger partial charge in [-0.15, -0.1) is 0 Å². The highest BCUT2D eigenvalue weighted by Crippen LogP contribution is 2.23. The first kappa shape index (κ1) is 21.5. The molecule has 0 heterocycles. The van der Waals surface area contributed by atoms with E-state index in [9.17, 15) is 8.42 Å². The fraction of sp³-hybridized carbons (Fsp3) is 0.316. The van der Waals surface area contributed by atoms with Crippen molar-refractivity contribution in [2.24, 2.45) is 4.99 Å². The zero-order valence-electron chi connectivity index (χ0n) is 15.5. The summed E-state index contributed by atoms with van der Waals surface area (Å²) in [5, 5.41) is 4.37. The number of hydrogen-bond donors (Lipinski definition) is 1. The molecule has 1 N–H and O–H groups in total. The van der Waals surface area contributed by atoms with Crippen LogP contribution in [0.2, 0.25) is 10.0 Å². The average molecular weight is 428 g/mol. The second-order valence-electron chi connectivity index (χ2n) is 6.24. The number of guanidine groups is 1. The van der Waals surface area contributed by atoms with Gasteiger partial charge in [-0.1, -0.05) is 41.4 Å². The third-order valence-corrected chi connectivity index (χ3v) is 5.89. The maximum absolute atomic E-state index is 11.5. The van der Waals surface area contributed by atoms with E-state index in [4.69, 9.17) is 23.2 Å². The quantitative estimate of drug-likeness (QED) is 0.564. The van der Waals surface area contributed by atoms with Gasteiger partial charge in [-0.3, -0.25) is 4.99 Å². The summed E-state index contributed by atoms with van der Waals surface area (Å²) in [6.07, 6.45) is 1.96. The molecular formula is C19H23Cl2N3O2S. The number of nitrogens with zero attached hydrogens (tertiary/aromatic N) is 2. The van der Waals surface area contributed by atoms with Crippen LogP contribution >= 0.6 is 23.2 Å². The maximum Gasteiger partial charge on any atom is 0.193 e. The Labute approximate surface area is 170 Å². The van der Waals surface area contributed by atoms with Gasteiger partial charge in [-0.2, -0.15) is 0 Å². The Balaban J connectivity index is 1.90. The average Bonchev–Trinajstić information content (AvgIpc) is 2.61. The SMILES string of the molecule is CN=C(NCCc1ccc(S(C)(=O)=O)cc1)N(C)Cc1ccc(Cl)c(Cl)c1. The van der Waals surface area contributed by atoms with Crippen molar-refractivity contribution in [2.75, 3.05) is 26.9 Å². The van der Waals surface area contributed by atoms with Crippen LogP contribution in [0.3, 0.4) is 0 Å². The van der Waals surface area contributed by atoms with Gasteiger partial charge < -0.3 is 10.2 Å². The summed E-state index contributed by atoms with van der Waals surface area (Å²) in [7, 11) is 0.511. The van der Waals surface area contributed by atoms with Crippen LogP contribution in [0.1, 0.15) is 11.1 Å². The number of aliphatic imine (C=N–C) groups is 1. The van der Waals surface area contributed by atoms with E-state index in [2.05, 4.69) is 10.3 Å². The Morgan fingerprint density at radius 3 is 2.26 bits per heavy atom. The Morgan fingerprint density at radius 1 is 1.07 bits per heavy atom. The molecule has 0 unspecified atom stereocenters. The van der Waals surface area contributed by atoms with Crippen LogP contribution in [0.15, 0.2) is 52.4 Å². The number of benzene rings is 2. The summed E-state index contributed by atoms with van der Waals surface area (Å²) in [5.74, 6) is 0.758. The highest BCUT2D eigenvalue weighted by molar-refractivity contribution is 7.90. The molecule has 0 atom stereocenters. The van der Waals surface area contributed by atoms with Crippen LogP contribution in [-0.4, -0.2) is 46.2 Å². The minimum absolute atomic E-state index is 0.330. The molecule has 2 aromatic carbocycles. The second kappa shape index (κ2) is 9.44. The predicted octanol–water partition coefficient (Wildman–Crippen LogP) is 3.65. The lowest BCUT2D eigenvalue weighted by Crippen LogP contribution is -2.39. The molecule has 0 bridgehead atoms. The lowest BCUT2D eigenvalue weighted by Gasteiger charge is -2.22. The van der Waals surface area contributed by atoms with E-state index in [0.717, 1.165) is 23.5 Å². The largest absolute Gasteiger partial charge is 0.356 e. The van der Waals surface area contributed by atoms with Gasteiger partial charge in [-0.25, -0.2) is 8.42 Å². The molecule has 5 nitrogen and oxygen atoms in total. The molecule has 2 rings (SSSR count). The summed E-state index contributed by atoms with van der Waals surface area (Å²) in [4.78, 5) is 6.62. The summed E-state index contributed by atoms with van der Waals surface area (Å²) in [6, 6.07) is 12.5. The Kier molecular flexibility index (Phi) is 7.53. The van der Waals surface area contributed by atoms with Crippen molar-refractivity contribution in [2.45, 2.75) is 17.9 Å². The Morgan fingerprint density at radius 2 is 1.70 bits per heavy atom. The van der Waals surface area contributed by atoms with Gasteiger partial charge in [-0.05, 0) is 41.8 Å². The molecule has 8 heteroatoms. The second-order valence-corrected chi connectivity index (χ2v) is 9.07. The molecule has 0 fully saturated rings. The summed E-state index contributed by atoms with van der Waals surface area (Å²) < 4.78 is 23.0. The molecule has 2 aromatic rings. The minimum atomic E-state index is -3.16. The first-order valence-corrected chi connectivity index (χ1v) is 11.0. The Hall–Kier alpha value is -1.76. The van der Waals surface area contributed by atoms with Gasteiger partial charge in [0.2, 0.25) is 0 Å². The van der Waals surface area contributed by atoms with Crippen LogP contribution < -0.4 is 5.32 Å². The van der Waals surface area contributed by atoms with E-state index < -0.39 is 9.84 Å². The van der Waals surface area contributed by atoms with Crippen LogP contribution in [-0.2, 0) is 22.8 Å². The monoisotopic (exact) mass is 427 g/mol. The number of halogens is 2. The van der Waals surface area contributed by atoms with Gasteiger partial charge in [0.15, 0.2) is 15.8 Å². The highest BCUT2D eigenvalue weighted by atomic mass is 35.5. The number of nitrogens with one attached hydrogen (secondary N) is 1. The van der Waals surface area contributed by atoms with Gasteiger partial charge in [0.1, 0.15) is 0 Å². The molecule has 0 radical (unpaired) electrons. The third kappa shape index (κ3) is 6.41. The van der Waals surface area contributed by atoms with Crippen molar-refractivity contribution < 1.29 is 8.42 Å². The molecule has 0 aliphatic rings. The van der Waals surface area contributed by atoms with Crippen molar-refractivity contribution in [3.8, 4) is 0 Å². The zero-order chi connectivity index (χ0) is 20.0. The van der Waals surface area contributed by atoms with E-state index in [-0.39, 0.29) is 0 Å². The van der Waals surface area contributed by atoms with Gasteiger partial charge in [0.05, 0.1) is 14.9 Å². The predicted molar refractivity (Wildman–Crippen MR) is 113 cm³/mol. The summed E-state index contributed by atoms with van der Waals surface area (Å²) >= 11 is 12.0. The molecule has 0 aliphatic heterocycles. The third-order valence-electron chi connectivity index (χ3n) is 4.03. The van der Waals surface area contributed by atoms with Crippen LogP contribution in [0, 0.1) is 0 Å². The van der Waals surface area contributed by atoms with Crippen LogP contribution in [0.4, 0.5) is 0 Å². The van der Waals surface area contributed by atoms with Gasteiger partial charge in [0, 0.05) is 33.4 Å². The number of sulfone groups is 1. The van der Waals surface area contributed by atoms with Crippen molar-refractivity contribution in [1.82, 2.24) is 10.2 Å². The number of rotatable bonds is 6. The summed E-state index contributed by atoms with van der Waals surface area (Å²) in [5.41, 5.74) is 2.09. The van der Waals surface area contributed by atoms with Crippen LogP contribution in [0.5, 0.6) is 0 Å². The maximum atomic E-state index is 11.5. The van der Waals surface area contributed by atoms with E-state index in [1.54, 1.807) is 25.2 Å². The van der Waals surface area contributed by atoms with Gasteiger partial charge in [0.25, 0.3) is 0 Å². The topological polar surface area (TPSA) is 61.8 Å². The van der Waals surface area contributed by atoms with E-state index in [1.165, 1.54) is 6.26 Å². The lowest BCUT2D eigenvalue weighted by atomic mass is 10.1. The van der Waals surface area contributed by atoms with Gasteiger partial charge >= 0.3 is 0 Å². The molecule has 146 valence electrons. The van der Waals surface area contributed by atoms with E-state index in [0.29, 0.717) is 28.0 Å². The van der Waals surface area contributed by atoms with Crippen molar-refractivity contribution in [3.63, 3.8) is 0 Å². The number of hydrogen-bond acceptors (Lipinski definition) is 3. The molecule has 0 saturated carbocycles. The van der Waals surface area contributed by atoms with Crippen molar-refractivity contribution >= 4 is 39.0 Å². The fourth-order valence-corrected chi connectivity index (χ4v) is 3.54. The first-order valence-electron chi connectivity index (χ1n) is 8.35. The van der Waals surface area contributed by atoms with Crippen molar-refractivity contribution in [1.29, 1.82) is 0 Å². The highest BCUT2D eigenvalue weighted by Gasteiger charge is 2.09. The lowest BCUT2D eigenvalue weighted by molar-refractivity contribution is 0.477. The summed E-state index contributed by atoms with van der Waals surface area (Å²) in [6.45, 7) is 1.32. The smallest absolute Gasteiger partial charge is 0.193 e.